The van der Waals surface area contributed by atoms with Crippen molar-refractivity contribution in [2.75, 3.05) is 27.9 Å². The molecular weight excluding hydrogens is 1480 g/mol. The summed E-state index contributed by atoms with van der Waals surface area (Å²) in [7, 11) is -10.6. The second-order valence-corrected chi connectivity index (χ2v) is 55.8. The number of aliphatic hydroxyl groups is 1. The highest BCUT2D eigenvalue weighted by Gasteiger charge is 2.58. The number of ketones is 2. The van der Waals surface area contributed by atoms with Crippen LogP contribution in [0.3, 0.4) is 0 Å². The lowest BCUT2D eigenvalue weighted by atomic mass is 9.87. The maximum Gasteiger partial charge on any atom is 0.338 e. The second-order valence-electron chi connectivity index (χ2n) is 34.7. The van der Waals surface area contributed by atoms with Gasteiger partial charge >= 0.3 is 11.9 Å². The van der Waals surface area contributed by atoms with Crippen LogP contribution >= 0.6 is 0 Å². The van der Waals surface area contributed by atoms with Crippen LogP contribution in [-0.2, 0) is 75.0 Å². The maximum atomic E-state index is 15.7. The standard InChI is InChI=1S/C86H134O19SSi4/c1-25-59(5)54-65(102-110(26-2,27-3)28-4)51-53-69-60(6)55-64(98-69)50-48-63(87)49-52-71(103-107(19,20)84(7,8)9)79-80(105-109(23,24)86(13,14)15)76(89)78(104-108(21,22)85(10,11)12)70(101-79)47-39-38-46-68(88)81(106(92,93)67-44-36-31-37-45-67)75-72(57-74(94-16)95-17)100-73(77(75)96-18)56-66(99-83(91)62-42-34-30-35-43-62)58-97-82(90)61-40-32-29-33-41-61/h29-38,40-46,49,52,64-66,69-81,89H,1,6,26-28,39,47-48,50-51,53-58H2,2-5,7-24H3/b46-38-,52-49+/t64?,65-,66+,69-,70-,71?,72-,73?,75-,76-,77-,78-,79-,80?,81?/m0/s1. The number of ether oxygens (including phenoxy) is 8. The molecule has 3 heterocycles. The summed E-state index contributed by atoms with van der Waals surface area (Å²) in [5.74, 6) is -3.54. The first-order valence-electron chi connectivity index (χ1n) is 39.6. The number of rotatable bonds is 42. The highest BCUT2D eigenvalue weighted by atomic mass is 32.2. The van der Waals surface area contributed by atoms with Gasteiger partial charge in [-0.15, -0.1) is 5.73 Å². The van der Waals surface area contributed by atoms with Gasteiger partial charge in [0.15, 0.2) is 61.0 Å². The molecule has 6 rings (SSSR count). The molecule has 3 aliphatic rings. The molecule has 0 spiro atoms. The fourth-order valence-electron chi connectivity index (χ4n) is 13.9. The fourth-order valence-corrected chi connectivity index (χ4v) is 22.7. The third-order valence-electron chi connectivity index (χ3n) is 24.0. The Kier molecular flexibility index (Phi) is 35.1. The number of allylic oxidation sites excluding steroid dienone is 3. The zero-order chi connectivity index (χ0) is 82.0. The summed E-state index contributed by atoms with van der Waals surface area (Å²) in [5, 5.41) is 10.6. The predicted octanol–water partition coefficient (Wildman–Crippen LogP) is 17.8. The normalized spacial score (nSPS) is 23.8. The van der Waals surface area contributed by atoms with Crippen molar-refractivity contribution in [2.45, 2.75) is 323 Å². The number of methoxy groups -OCH3 is 3. The van der Waals surface area contributed by atoms with Crippen molar-refractivity contribution in [3.05, 3.63) is 156 Å². The van der Waals surface area contributed by atoms with E-state index in [1.165, 1.54) is 39.5 Å². The van der Waals surface area contributed by atoms with Crippen LogP contribution in [0.5, 0.6) is 0 Å². The number of aliphatic hydroxyl groups excluding tert-OH is 1. The van der Waals surface area contributed by atoms with Crippen molar-refractivity contribution < 1.29 is 88.3 Å². The molecule has 19 nitrogen and oxygen atoms in total. The summed E-state index contributed by atoms with van der Waals surface area (Å²) in [6.07, 6.45) is -1.81. The second kappa shape index (κ2) is 41.1. The molecule has 0 aliphatic carbocycles. The maximum absolute atomic E-state index is 15.7. The highest BCUT2D eigenvalue weighted by Crippen LogP contribution is 2.47. The van der Waals surface area contributed by atoms with Crippen molar-refractivity contribution in [3.63, 3.8) is 0 Å². The van der Waals surface area contributed by atoms with E-state index in [0.717, 1.165) is 48.5 Å². The highest BCUT2D eigenvalue weighted by molar-refractivity contribution is 7.92. The topological polar surface area (TPSA) is 233 Å². The molecule has 15 atom stereocenters. The molecule has 1 N–H and O–H groups in total. The van der Waals surface area contributed by atoms with Gasteiger partial charge in [-0.2, -0.15) is 0 Å². The van der Waals surface area contributed by atoms with Crippen LogP contribution in [-0.4, -0.2) is 189 Å². The fraction of sp³-hybridized carbons (Fsp3) is 0.640. The third-order valence-corrected chi connectivity index (χ3v) is 44.3. The smallest absolute Gasteiger partial charge is 0.338 e. The first-order chi connectivity index (χ1) is 51.5. The van der Waals surface area contributed by atoms with E-state index in [-0.39, 0.29) is 87.3 Å². The molecule has 0 aromatic heterocycles. The minimum absolute atomic E-state index is 0.0273. The summed E-state index contributed by atoms with van der Waals surface area (Å²) < 4.78 is 111. The minimum atomic E-state index is -4.63. The van der Waals surface area contributed by atoms with Crippen molar-refractivity contribution in [1.82, 2.24) is 0 Å². The van der Waals surface area contributed by atoms with Gasteiger partial charge in [0.25, 0.3) is 0 Å². The average molecular weight is 1620 g/mol. The molecule has 3 fully saturated rings. The van der Waals surface area contributed by atoms with Crippen LogP contribution in [0.1, 0.15) is 175 Å². The van der Waals surface area contributed by atoms with E-state index in [9.17, 15) is 19.5 Å². The van der Waals surface area contributed by atoms with Gasteiger partial charge in [0.05, 0.1) is 64.9 Å². The Bertz CT molecular complexity index is 3660. The van der Waals surface area contributed by atoms with Crippen molar-refractivity contribution in [2.24, 2.45) is 5.92 Å². The van der Waals surface area contributed by atoms with E-state index in [0.29, 0.717) is 12.8 Å². The number of carbonyl (C=O) groups is 4. The monoisotopic (exact) mass is 1610 g/mol. The van der Waals surface area contributed by atoms with Gasteiger partial charge in [-0.25, -0.2) is 18.0 Å². The molecule has 110 heavy (non-hydrogen) atoms. The van der Waals surface area contributed by atoms with Crippen molar-refractivity contribution in [1.29, 1.82) is 0 Å². The van der Waals surface area contributed by atoms with E-state index in [1.807, 2.05) is 0 Å². The van der Waals surface area contributed by atoms with E-state index >= 15 is 13.2 Å². The van der Waals surface area contributed by atoms with E-state index in [1.54, 1.807) is 97.1 Å². The van der Waals surface area contributed by atoms with Crippen molar-refractivity contribution >= 4 is 66.6 Å². The quantitative estimate of drug-likeness (QED) is 0.0139. The van der Waals surface area contributed by atoms with Gasteiger partial charge in [-0.1, -0.05) is 163 Å². The molecule has 3 aromatic rings. The molecule has 0 bridgehead atoms. The lowest BCUT2D eigenvalue weighted by Gasteiger charge is -2.53. The van der Waals surface area contributed by atoms with E-state index in [2.05, 4.69) is 148 Å². The molecule has 24 heteroatoms. The van der Waals surface area contributed by atoms with Gasteiger partial charge in [0, 0.05) is 59.0 Å². The van der Waals surface area contributed by atoms with Crippen LogP contribution in [0.25, 0.3) is 0 Å². The zero-order valence-corrected chi connectivity index (χ0v) is 75.0. The predicted molar refractivity (Wildman–Crippen MR) is 444 cm³/mol. The molecule has 614 valence electrons. The summed E-state index contributed by atoms with van der Waals surface area (Å²) in [5.41, 5.74) is 5.68. The Balaban J connectivity index is 1.38. The summed E-state index contributed by atoms with van der Waals surface area (Å²) in [6.45, 7) is 48.8. The van der Waals surface area contributed by atoms with E-state index < -0.39 is 146 Å². The molecule has 0 saturated carbocycles. The Labute approximate surface area is 663 Å². The first kappa shape index (κ1) is 93.9. The van der Waals surface area contributed by atoms with E-state index in [4.69, 9.17) is 55.6 Å². The first-order valence-corrected chi connectivity index (χ1v) is 52.4. The Morgan fingerprint density at radius 2 is 1.20 bits per heavy atom. The Morgan fingerprint density at radius 1 is 0.655 bits per heavy atom. The lowest BCUT2D eigenvalue weighted by Crippen LogP contribution is -2.67. The van der Waals surface area contributed by atoms with Crippen molar-refractivity contribution in [3.8, 4) is 0 Å². The summed E-state index contributed by atoms with van der Waals surface area (Å²) >= 11 is 0. The zero-order valence-electron chi connectivity index (χ0n) is 70.2. The van der Waals surface area contributed by atoms with Crippen LogP contribution < -0.4 is 0 Å². The summed E-state index contributed by atoms with van der Waals surface area (Å²) in [6, 6.07) is 27.5. The molecule has 0 amide bonds. The largest absolute Gasteiger partial charge is 0.458 e. The van der Waals surface area contributed by atoms with Gasteiger partial charge in [-0.05, 0) is 178 Å². The van der Waals surface area contributed by atoms with Crippen LogP contribution in [0.15, 0.2) is 150 Å². The SMILES string of the molecule is C=C=C(C)C[C@H](CC[C@@H]1OC(CCC(=O)/C=C/C(O[Si](C)(C)C(C)(C)C)[C@@H]2O[C@@H](CC/C=C\C(=O)C([C@H]3[C@H](CC(OC)OC)OC(C[C@H](COC(=O)c4ccccc4)OC(=O)c4ccccc4)[C@@H]3OC)S(=O)(=O)c3ccccc3)[C@H](O[Si](C)(C)C(C)(C)C)[C@H](O)C2O[Si](C)(C)C(C)(C)C)CC1=C)O[Si](CC)(CC)CC. The van der Waals surface area contributed by atoms with Gasteiger partial charge in [0.2, 0.25) is 0 Å². The molecule has 0 radical (unpaired) electrons. The number of sulfone groups is 1. The minimum Gasteiger partial charge on any atom is -0.458 e. The molecule has 3 aromatic carbocycles. The molecule has 3 aliphatic heterocycles. The number of benzene rings is 3. The number of esters is 2. The Hall–Kier alpha value is -4.94. The number of hydrogen-bond acceptors (Lipinski definition) is 19. The average Bonchev–Trinajstić information content (AvgIpc) is 1.70. The van der Waals surface area contributed by atoms with Crippen LogP contribution in [0.4, 0.5) is 0 Å². The van der Waals surface area contributed by atoms with Crippen LogP contribution in [0, 0.1) is 5.92 Å². The van der Waals surface area contributed by atoms with Gasteiger partial charge in [-0.3, -0.25) is 9.59 Å². The summed E-state index contributed by atoms with van der Waals surface area (Å²) in [4.78, 5) is 57.4. The van der Waals surface area contributed by atoms with Gasteiger partial charge < -0.3 is 60.7 Å². The molecular formula is C86H134O19SSi4. The van der Waals surface area contributed by atoms with Crippen LogP contribution in [0.2, 0.25) is 72.5 Å². The molecule has 3 saturated heterocycles. The molecule has 5 unspecified atom stereocenters. The lowest BCUT2D eigenvalue weighted by molar-refractivity contribution is -0.229. The van der Waals surface area contributed by atoms with Gasteiger partial charge in [0.1, 0.15) is 36.3 Å². The number of carbonyl (C=O) groups excluding carboxylic acids is 4. The number of hydrogen-bond donors (Lipinski definition) is 1. The Morgan fingerprint density at radius 3 is 1.73 bits per heavy atom. The third kappa shape index (κ3) is 25.3.